The number of nitrogens with zero attached hydrogens (tertiary/aromatic N) is 1. The van der Waals surface area contributed by atoms with Crippen molar-refractivity contribution >= 4 is 5.69 Å². The van der Waals surface area contributed by atoms with Crippen molar-refractivity contribution in [3.8, 4) is 0 Å². The second-order valence-electron chi connectivity index (χ2n) is 3.93. The Hall–Kier alpha value is -1.06. The molecule has 0 atom stereocenters. The highest BCUT2D eigenvalue weighted by molar-refractivity contribution is 5.45. The van der Waals surface area contributed by atoms with Gasteiger partial charge in [-0.15, -0.1) is 0 Å². The molecule has 3 nitrogen and oxygen atoms in total. The van der Waals surface area contributed by atoms with Crippen LogP contribution in [0.3, 0.4) is 0 Å². The van der Waals surface area contributed by atoms with Crippen LogP contribution in [0, 0.1) is 6.92 Å². The fourth-order valence-corrected chi connectivity index (χ4v) is 1.72. The van der Waals surface area contributed by atoms with Crippen LogP contribution in [0.5, 0.6) is 0 Å². The lowest BCUT2D eigenvalue weighted by Gasteiger charge is -2.27. The molecule has 0 bridgehead atoms. The quantitative estimate of drug-likeness (QED) is 0.814. The number of benzene rings is 1. The largest absolute Gasteiger partial charge is 0.379 e. The molecular formula is C12H18N2O. The number of hydrogen-bond acceptors (Lipinski definition) is 3. The van der Waals surface area contributed by atoms with Crippen molar-refractivity contribution in [2.45, 2.75) is 6.92 Å². The van der Waals surface area contributed by atoms with Gasteiger partial charge in [0.25, 0.3) is 0 Å². The standard InChI is InChI=1S/C12H18N2O/c1-11-3-2-4-12(9-11)13-10-14-5-7-15-8-6-14/h2-4,9,13H,5-8,10H2,1H3. The first kappa shape index (κ1) is 10.5. The molecular weight excluding hydrogens is 188 g/mol. The van der Waals surface area contributed by atoms with Crippen molar-refractivity contribution in [3.63, 3.8) is 0 Å². The van der Waals surface area contributed by atoms with Gasteiger partial charge in [0.1, 0.15) is 0 Å². The van der Waals surface area contributed by atoms with E-state index in [0.29, 0.717) is 0 Å². The highest BCUT2D eigenvalue weighted by Crippen LogP contribution is 2.09. The van der Waals surface area contributed by atoms with Gasteiger partial charge in [-0.1, -0.05) is 12.1 Å². The minimum atomic E-state index is 0.857. The number of hydrogen-bond donors (Lipinski definition) is 1. The third kappa shape index (κ3) is 3.22. The van der Waals surface area contributed by atoms with E-state index in [-0.39, 0.29) is 0 Å². The zero-order valence-electron chi connectivity index (χ0n) is 9.20. The molecule has 82 valence electrons. The molecule has 1 aromatic carbocycles. The van der Waals surface area contributed by atoms with Gasteiger partial charge in [-0.05, 0) is 24.6 Å². The summed E-state index contributed by atoms with van der Waals surface area (Å²) in [7, 11) is 0. The lowest BCUT2D eigenvalue weighted by atomic mass is 10.2. The summed E-state index contributed by atoms with van der Waals surface area (Å²) in [4.78, 5) is 2.37. The summed E-state index contributed by atoms with van der Waals surface area (Å²) >= 11 is 0. The third-order valence-corrected chi connectivity index (χ3v) is 2.63. The first-order valence-electron chi connectivity index (χ1n) is 5.45. The van der Waals surface area contributed by atoms with E-state index in [1.165, 1.54) is 11.3 Å². The lowest BCUT2D eigenvalue weighted by molar-refractivity contribution is 0.0414. The fraction of sp³-hybridized carbons (Fsp3) is 0.500. The Kier molecular flexibility index (Phi) is 3.59. The average Bonchev–Trinajstić information content (AvgIpc) is 2.28. The number of morpholine rings is 1. The molecule has 0 unspecified atom stereocenters. The second kappa shape index (κ2) is 5.14. The Labute approximate surface area is 91.0 Å². The molecule has 0 saturated carbocycles. The van der Waals surface area contributed by atoms with Crippen LogP contribution in [-0.4, -0.2) is 37.9 Å². The number of anilines is 1. The van der Waals surface area contributed by atoms with Gasteiger partial charge < -0.3 is 10.1 Å². The predicted molar refractivity (Wildman–Crippen MR) is 62.1 cm³/mol. The maximum absolute atomic E-state index is 5.30. The van der Waals surface area contributed by atoms with E-state index in [2.05, 4.69) is 41.4 Å². The van der Waals surface area contributed by atoms with E-state index in [1.807, 2.05) is 0 Å². The van der Waals surface area contributed by atoms with E-state index in [4.69, 9.17) is 4.74 Å². The van der Waals surface area contributed by atoms with Crippen LogP contribution in [-0.2, 0) is 4.74 Å². The van der Waals surface area contributed by atoms with Crippen LogP contribution in [0.1, 0.15) is 5.56 Å². The van der Waals surface area contributed by atoms with E-state index in [1.54, 1.807) is 0 Å². The summed E-state index contributed by atoms with van der Waals surface area (Å²) in [5.41, 5.74) is 2.49. The molecule has 1 N–H and O–H groups in total. The molecule has 1 heterocycles. The minimum absolute atomic E-state index is 0.857. The van der Waals surface area contributed by atoms with Gasteiger partial charge in [-0.3, -0.25) is 4.90 Å². The highest BCUT2D eigenvalue weighted by Gasteiger charge is 2.08. The van der Waals surface area contributed by atoms with Crippen molar-refractivity contribution in [1.82, 2.24) is 4.90 Å². The summed E-state index contributed by atoms with van der Waals surface area (Å²) in [6.07, 6.45) is 0. The maximum atomic E-state index is 5.30. The molecule has 0 amide bonds. The maximum Gasteiger partial charge on any atom is 0.0679 e. The Morgan fingerprint density at radius 1 is 1.33 bits per heavy atom. The van der Waals surface area contributed by atoms with Crippen molar-refractivity contribution in [2.24, 2.45) is 0 Å². The lowest BCUT2D eigenvalue weighted by Crippen LogP contribution is -2.39. The van der Waals surface area contributed by atoms with Crippen molar-refractivity contribution in [2.75, 3.05) is 38.3 Å². The van der Waals surface area contributed by atoms with Crippen LogP contribution in [0.4, 0.5) is 5.69 Å². The van der Waals surface area contributed by atoms with Crippen LogP contribution in [0.15, 0.2) is 24.3 Å². The van der Waals surface area contributed by atoms with Crippen molar-refractivity contribution < 1.29 is 4.74 Å². The van der Waals surface area contributed by atoms with Crippen LogP contribution >= 0.6 is 0 Å². The molecule has 1 fully saturated rings. The van der Waals surface area contributed by atoms with Gasteiger partial charge in [0.15, 0.2) is 0 Å². The molecule has 1 aliphatic rings. The van der Waals surface area contributed by atoms with Gasteiger partial charge in [0, 0.05) is 18.8 Å². The monoisotopic (exact) mass is 206 g/mol. The summed E-state index contributed by atoms with van der Waals surface area (Å²) in [5, 5.41) is 3.43. The number of ether oxygens (including phenoxy) is 1. The van der Waals surface area contributed by atoms with Crippen LogP contribution in [0.25, 0.3) is 0 Å². The van der Waals surface area contributed by atoms with Gasteiger partial charge in [-0.25, -0.2) is 0 Å². The van der Waals surface area contributed by atoms with Crippen molar-refractivity contribution in [1.29, 1.82) is 0 Å². The molecule has 0 spiro atoms. The summed E-state index contributed by atoms with van der Waals surface area (Å²) in [6, 6.07) is 8.46. The zero-order valence-corrected chi connectivity index (χ0v) is 9.20. The first-order chi connectivity index (χ1) is 7.34. The van der Waals surface area contributed by atoms with Crippen LogP contribution in [0.2, 0.25) is 0 Å². The zero-order chi connectivity index (χ0) is 10.5. The molecule has 1 aromatic rings. The van der Waals surface area contributed by atoms with E-state index in [9.17, 15) is 0 Å². The minimum Gasteiger partial charge on any atom is -0.379 e. The summed E-state index contributed by atoms with van der Waals surface area (Å²) in [5.74, 6) is 0. The average molecular weight is 206 g/mol. The highest BCUT2D eigenvalue weighted by atomic mass is 16.5. The Morgan fingerprint density at radius 3 is 2.87 bits per heavy atom. The first-order valence-corrected chi connectivity index (χ1v) is 5.45. The smallest absolute Gasteiger partial charge is 0.0679 e. The molecule has 0 aromatic heterocycles. The molecule has 0 aliphatic carbocycles. The molecule has 15 heavy (non-hydrogen) atoms. The Morgan fingerprint density at radius 2 is 2.13 bits per heavy atom. The number of nitrogens with one attached hydrogen (secondary N) is 1. The van der Waals surface area contributed by atoms with E-state index >= 15 is 0 Å². The fourth-order valence-electron chi connectivity index (χ4n) is 1.72. The van der Waals surface area contributed by atoms with Crippen LogP contribution < -0.4 is 5.32 Å². The molecule has 3 heteroatoms. The molecule has 1 saturated heterocycles. The van der Waals surface area contributed by atoms with E-state index in [0.717, 1.165) is 33.0 Å². The second-order valence-corrected chi connectivity index (χ2v) is 3.93. The SMILES string of the molecule is Cc1cccc(NCN2CCOCC2)c1. The third-order valence-electron chi connectivity index (χ3n) is 2.63. The van der Waals surface area contributed by atoms with Gasteiger partial charge in [0.2, 0.25) is 0 Å². The Bertz CT molecular complexity index is 308. The van der Waals surface area contributed by atoms with Gasteiger partial charge >= 0.3 is 0 Å². The molecule has 0 radical (unpaired) electrons. The van der Waals surface area contributed by atoms with Gasteiger partial charge in [-0.2, -0.15) is 0 Å². The molecule has 2 rings (SSSR count). The normalized spacial score (nSPS) is 17.7. The summed E-state index contributed by atoms with van der Waals surface area (Å²) < 4.78 is 5.30. The predicted octanol–water partition coefficient (Wildman–Crippen LogP) is 1.70. The number of rotatable bonds is 3. The van der Waals surface area contributed by atoms with Crippen molar-refractivity contribution in [3.05, 3.63) is 29.8 Å². The molecule has 1 aliphatic heterocycles. The number of aryl methyl sites for hydroxylation is 1. The summed E-state index contributed by atoms with van der Waals surface area (Å²) in [6.45, 7) is 6.79. The topological polar surface area (TPSA) is 24.5 Å². The Balaban J connectivity index is 1.81. The van der Waals surface area contributed by atoms with E-state index < -0.39 is 0 Å². The van der Waals surface area contributed by atoms with Gasteiger partial charge in [0.05, 0.1) is 19.9 Å².